The lowest BCUT2D eigenvalue weighted by Gasteiger charge is -2.30. The smallest absolute Gasteiger partial charge is 0.0504 e. The van der Waals surface area contributed by atoms with Crippen LogP contribution in [0.5, 0.6) is 0 Å². The summed E-state index contributed by atoms with van der Waals surface area (Å²) in [5.41, 5.74) is 0.998. The number of hydrogen-bond acceptors (Lipinski definition) is 2. The van der Waals surface area contributed by atoms with Gasteiger partial charge in [0.05, 0.1) is 11.0 Å². The van der Waals surface area contributed by atoms with Crippen molar-refractivity contribution in [3.8, 4) is 0 Å². The van der Waals surface area contributed by atoms with Crippen LogP contribution in [0.4, 0.5) is 0 Å². The van der Waals surface area contributed by atoms with Crippen molar-refractivity contribution in [3.63, 3.8) is 0 Å². The van der Waals surface area contributed by atoms with Crippen molar-refractivity contribution in [3.05, 3.63) is 34.9 Å². The highest BCUT2D eigenvalue weighted by Gasteiger charge is 2.28. The number of benzene rings is 1. The summed E-state index contributed by atoms with van der Waals surface area (Å²) in [7, 11) is 1.12. The van der Waals surface area contributed by atoms with E-state index in [0.29, 0.717) is 11.8 Å². The average Bonchev–Trinajstić information content (AvgIpc) is 2.41. The van der Waals surface area contributed by atoms with Gasteiger partial charge in [-0.05, 0) is 31.5 Å². The molecule has 0 aliphatic heterocycles. The zero-order valence-corrected chi connectivity index (χ0v) is 12.3. The van der Waals surface area contributed by atoms with Crippen LogP contribution in [0, 0.1) is 0 Å². The lowest BCUT2D eigenvalue weighted by Crippen LogP contribution is -2.42. The van der Waals surface area contributed by atoms with Crippen LogP contribution in [-0.2, 0) is 16.6 Å². The highest BCUT2D eigenvalue weighted by atomic mass is 35.5. The first-order valence-electron chi connectivity index (χ1n) is 6.50. The van der Waals surface area contributed by atoms with Crippen molar-refractivity contribution < 1.29 is 4.21 Å². The second-order valence-electron chi connectivity index (χ2n) is 4.83. The van der Waals surface area contributed by atoms with Crippen LogP contribution < -0.4 is 5.32 Å². The Bertz CT molecular complexity index is 424. The van der Waals surface area contributed by atoms with Crippen LogP contribution in [0.1, 0.15) is 31.2 Å². The van der Waals surface area contributed by atoms with Gasteiger partial charge in [0.25, 0.3) is 0 Å². The van der Waals surface area contributed by atoms with E-state index in [-0.39, 0.29) is 5.25 Å². The van der Waals surface area contributed by atoms with Crippen LogP contribution in [0.2, 0.25) is 5.02 Å². The molecule has 0 amide bonds. The summed E-state index contributed by atoms with van der Waals surface area (Å²) in [4.78, 5) is 0. The monoisotopic (exact) mass is 285 g/mol. The Balaban J connectivity index is 2.05. The second-order valence-corrected chi connectivity index (χ2v) is 6.90. The van der Waals surface area contributed by atoms with E-state index in [4.69, 9.17) is 11.6 Å². The summed E-state index contributed by atoms with van der Waals surface area (Å²) in [5, 5.41) is 4.30. The van der Waals surface area contributed by atoms with Crippen molar-refractivity contribution in [2.75, 3.05) is 7.05 Å². The fourth-order valence-electron chi connectivity index (χ4n) is 2.62. The van der Waals surface area contributed by atoms with Crippen molar-refractivity contribution in [2.24, 2.45) is 0 Å². The van der Waals surface area contributed by atoms with Gasteiger partial charge in [-0.1, -0.05) is 42.6 Å². The van der Waals surface area contributed by atoms with E-state index < -0.39 is 10.8 Å². The molecule has 1 aliphatic carbocycles. The summed E-state index contributed by atoms with van der Waals surface area (Å²) in [6, 6.07) is 8.09. The molecule has 0 saturated heterocycles. The van der Waals surface area contributed by atoms with Crippen LogP contribution in [-0.4, -0.2) is 22.5 Å². The maximum atomic E-state index is 12.5. The standard InChI is InChI=1S/C14H20ClNOS/c1-16-13-8-4-5-9-14(13)18(17)10-11-6-2-3-7-12(11)15/h2-3,6-7,13-14,16H,4-5,8-10H2,1H3. The van der Waals surface area contributed by atoms with Crippen LogP contribution in [0.3, 0.4) is 0 Å². The Labute approximate surface area is 117 Å². The SMILES string of the molecule is CNC1CCCCC1S(=O)Cc1ccccc1Cl. The first-order chi connectivity index (χ1) is 8.72. The Hall–Kier alpha value is -0.380. The molecule has 18 heavy (non-hydrogen) atoms. The fourth-order valence-corrected chi connectivity index (χ4v) is 4.74. The molecule has 1 aliphatic rings. The highest BCUT2D eigenvalue weighted by Crippen LogP contribution is 2.26. The van der Waals surface area contributed by atoms with Gasteiger partial charge in [-0.2, -0.15) is 0 Å². The maximum absolute atomic E-state index is 12.5. The molecular formula is C14H20ClNOS. The zero-order valence-electron chi connectivity index (χ0n) is 10.7. The van der Waals surface area contributed by atoms with Crippen molar-refractivity contribution in [1.29, 1.82) is 0 Å². The molecule has 4 heteroatoms. The van der Waals surface area contributed by atoms with Crippen LogP contribution in [0.25, 0.3) is 0 Å². The number of nitrogens with one attached hydrogen (secondary N) is 1. The first-order valence-corrected chi connectivity index (χ1v) is 8.26. The quantitative estimate of drug-likeness (QED) is 0.921. The van der Waals surface area contributed by atoms with E-state index >= 15 is 0 Å². The lowest BCUT2D eigenvalue weighted by atomic mass is 9.95. The Morgan fingerprint density at radius 2 is 2.06 bits per heavy atom. The van der Waals surface area contributed by atoms with Gasteiger partial charge in [-0.3, -0.25) is 4.21 Å². The molecule has 0 aromatic heterocycles. The molecule has 1 aromatic carbocycles. The van der Waals surface area contributed by atoms with Gasteiger partial charge in [0.15, 0.2) is 0 Å². The maximum Gasteiger partial charge on any atom is 0.0504 e. The topological polar surface area (TPSA) is 29.1 Å². The number of hydrogen-bond donors (Lipinski definition) is 1. The van der Waals surface area contributed by atoms with E-state index in [1.807, 2.05) is 31.3 Å². The molecule has 0 radical (unpaired) electrons. The van der Waals surface area contributed by atoms with E-state index in [1.165, 1.54) is 12.8 Å². The third-order valence-corrected chi connectivity index (χ3v) is 5.87. The minimum atomic E-state index is -0.845. The molecule has 2 nitrogen and oxygen atoms in total. The molecule has 1 saturated carbocycles. The van der Waals surface area contributed by atoms with Crippen molar-refractivity contribution in [1.82, 2.24) is 5.32 Å². The van der Waals surface area contributed by atoms with Gasteiger partial charge < -0.3 is 5.32 Å². The molecular weight excluding hydrogens is 266 g/mol. The zero-order chi connectivity index (χ0) is 13.0. The third-order valence-electron chi connectivity index (χ3n) is 3.67. The number of rotatable bonds is 4. The van der Waals surface area contributed by atoms with Gasteiger partial charge in [0.1, 0.15) is 0 Å². The lowest BCUT2D eigenvalue weighted by molar-refractivity contribution is 0.399. The number of halogens is 1. The molecule has 3 atom stereocenters. The molecule has 2 rings (SSSR count). The Morgan fingerprint density at radius 1 is 1.33 bits per heavy atom. The van der Waals surface area contributed by atoms with Gasteiger partial charge in [-0.15, -0.1) is 0 Å². The van der Waals surface area contributed by atoms with Gasteiger partial charge in [-0.25, -0.2) is 0 Å². The Morgan fingerprint density at radius 3 is 2.78 bits per heavy atom. The molecule has 1 N–H and O–H groups in total. The average molecular weight is 286 g/mol. The minimum absolute atomic E-state index is 0.264. The van der Waals surface area contributed by atoms with E-state index in [1.54, 1.807) is 0 Å². The van der Waals surface area contributed by atoms with Crippen molar-refractivity contribution >= 4 is 22.4 Å². The van der Waals surface area contributed by atoms with E-state index in [2.05, 4.69) is 5.32 Å². The van der Waals surface area contributed by atoms with Crippen LogP contribution >= 0.6 is 11.6 Å². The summed E-state index contributed by atoms with van der Waals surface area (Å²) >= 11 is 6.13. The normalized spacial score (nSPS) is 25.9. The summed E-state index contributed by atoms with van der Waals surface area (Å²) in [6.07, 6.45) is 4.63. The Kier molecular flexibility index (Phi) is 5.22. The molecule has 0 bridgehead atoms. The van der Waals surface area contributed by atoms with Crippen molar-refractivity contribution in [2.45, 2.75) is 42.7 Å². The minimum Gasteiger partial charge on any atom is -0.316 e. The molecule has 0 spiro atoms. The molecule has 0 heterocycles. The van der Waals surface area contributed by atoms with Gasteiger partial charge in [0, 0.05) is 21.9 Å². The molecule has 3 unspecified atom stereocenters. The predicted molar refractivity (Wildman–Crippen MR) is 78.4 cm³/mol. The summed E-state index contributed by atoms with van der Waals surface area (Å²) in [6.45, 7) is 0. The van der Waals surface area contributed by atoms with E-state index in [9.17, 15) is 4.21 Å². The van der Waals surface area contributed by atoms with Gasteiger partial charge >= 0.3 is 0 Å². The molecule has 100 valence electrons. The summed E-state index contributed by atoms with van der Waals surface area (Å²) in [5.74, 6) is 0.572. The second kappa shape index (κ2) is 6.69. The first kappa shape index (κ1) is 14.0. The molecule has 1 aromatic rings. The van der Waals surface area contributed by atoms with Crippen LogP contribution in [0.15, 0.2) is 24.3 Å². The third kappa shape index (κ3) is 3.34. The largest absolute Gasteiger partial charge is 0.316 e. The van der Waals surface area contributed by atoms with Gasteiger partial charge in [0.2, 0.25) is 0 Å². The summed E-state index contributed by atoms with van der Waals surface area (Å²) < 4.78 is 12.5. The predicted octanol–water partition coefficient (Wildman–Crippen LogP) is 3.12. The fraction of sp³-hybridized carbons (Fsp3) is 0.571. The van der Waals surface area contributed by atoms with E-state index in [0.717, 1.165) is 23.4 Å². The highest BCUT2D eigenvalue weighted by molar-refractivity contribution is 7.84. The molecule has 1 fully saturated rings.